The summed E-state index contributed by atoms with van der Waals surface area (Å²) < 4.78 is 0. The Hall–Kier alpha value is -3.20. The number of phenols is 3. The molecule has 3 nitrogen and oxygen atoms in total. The van der Waals surface area contributed by atoms with Gasteiger partial charge >= 0.3 is 0 Å². The largest absolute Gasteiger partial charge is 0.507 e. The molecule has 3 N–H and O–H groups in total. The van der Waals surface area contributed by atoms with E-state index in [2.05, 4.69) is 58.0 Å². The Balaban J connectivity index is 2.21. The Bertz CT molecular complexity index is 1270. The zero-order valence-electron chi connectivity index (χ0n) is 23.6. The van der Waals surface area contributed by atoms with Crippen molar-refractivity contribution in [2.24, 2.45) is 0 Å². The first kappa shape index (κ1) is 27.4. The van der Waals surface area contributed by atoms with E-state index in [1.165, 1.54) is 5.56 Å². The minimum absolute atomic E-state index is 0.199. The van der Waals surface area contributed by atoms with E-state index in [4.69, 9.17) is 0 Å². The number of benzene rings is 3. The van der Waals surface area contributed by atoms with Gasteiger partial charge in [0.05, 0.1) is 0 Å². The van der Waals surface area contributed by atoms with Crippen molar-refractivity contribution in [3.8, 4) is 17.2 Å². The van der Waals surface area contributed by atoms with Crippen molar-refractivity contribution in [1.29, 1.82) is 0 Å². The van der Waals surface area contributed by atoms with E-state index in [1.807, 2.05) is 53.7 Å². The lowest BCUT2D eigenvalue weighted by molar-refractivity contribution is 0.377. The predicted molar refractivity (Wildman–Crippen MR) is 151 cm³/mol. The number of rotatable bonds is 6. The highest BCUT2D eigenvalue weighted by atomic mass is 16.3. The maximum Gasteiger partial charge on any atom is 0.121 e. The van der Waals surface area contributed by atoms with Gasteiger partial charge in [-0.25, -0.2) is 0 Å². The summed E-state index contributed by atoms with van der Waals surface area (Å²) in [7, 11) is 0. The van der Waals surface area contributed by atoms with Crippen LogP contribution in [0.2, 0.25) is 0 Å². The lowest BCUT2D eigenvalue weighted by Crippen LogP contribution is -2.31. The van der Waals surface area contributed by atoms with Crippen molar-refractivity contribution in [1.82, 2.24) is 0 Å². The van der Waals surface area contributed by atoms with Gasteiger partial charge in [0.25, 0.3) is 0 Å². The highest BCUT2D eigenvalue weighted by Crippen LogP contribution is 2.44. The van der Waals surface area contributed by atoms with Gasteiger partial charge in [-0.1, -0.05) is 51.1 Å². The summed E-state index contributed by atoms with van der Waals surface area (Å²) in [6.07, 6.45) is 3.16. The third-order valence-electron chi connectivity index (χ3n) is 7.71. The fraction of sp³-hybridized carbons (Fsp3) is 0.394. The third-order valence-corrected chi connectivity index (χ3v) is 7.71. The molecule has 0 aliphatic rings. The van der Waals surface area contributed by atoms with Crippen molar-refractivity contribution < 1.29 is 15.3 Å². The average Bonchev–Trinajstić information content (AvgIpc) is 2.77. The molecule has 192 valence electrons. The van der Waals surface area contributed by atoms with Gasteiger partial charge in [-0.05, 0) is 128 Å². The molecule has 0 fully saturated rings. The molecule has 3 aromatic rings. The molecule has 1 atom stereocenters. The number of aromatic hydroxyl groups is 3. The maximum atomic E-state index is 10.5. The zero-order chi connectivity index (χ0) is 27.2. The molecule has 3 heteroatoms. The Morgan fingerprint density at radius 2 is 0.944 bits per heavy atom. The van der Waals surface area contributed by atoms with Gasteiger partial charge in [0.15, 0.2) is 0 Å². The lowest BCUT2D eigenvalue weighted by atomic mass is 9.66. The Morgan fingerprint density at radius 3 is 1.33 bits per heavy atom. The normalized spacial score (nSPS) is 14.1. The second-order valence-corrected chi connectivity index (χ2v) is 11.7. The molecule has 0 spiro atoms. The second-order valence-electron chi connectivity index (χ2n) is 11.7. The van der Waals surface area contributed by atoms with E-state index < -0.39 is 0 Å². The smallest absolute Gasteiger partial charge is 0.121 e. The van der Waals surface area contributed by atoms with Gasteiger partial charge in [0.2, 0.25) is 0 Å². The molecule has 0 bridgehead atoms. The molecule has 0 radical (unpaired) electrons. The first-order valence-corrected chi connectivity index (χ1v) is 12.7. The van der Waals surface area contributed by atoms with Crippen LogP contribution in [0.25, 0.3) is 5.57 Å². The molecular formula is C33H42O3. The summed E-state index contributed by atoms with van der Waals surface area (Å²) in [5.41, 5.74) is 9.27. The topological polar surface area (TPSA) is 60.7 Å². The summed E-state index contributed by atoms with van der Waals surface area (Å²) in [6.45, 7) is 20.6. The van der Waals surface area contributed by atoms with Crippen LogP contribution < -0.4 is 0 Å². The van der Waals surface area contributed by atoms with Crippen LogP contribution in [0.1, 0.15) is 84.2 Å². The van der Waals surface area contributed by atoms with E-state index in [0.717, 1.165) is 56.5 Å². The molecule has 36 heavy (non-hydrogen) atoms. The minimum atomic E-state index is -0.351. The number of hydrogen-bond acceptors (Lipinski definition) is 3. The predicted octanol–water partition coefficient (Wildman–Crippen LogP) is 8.38. The van der Waals surface area contributed by atoms with Crippen LogP contribution in [0.3, 0.4) is 0 Å². The molecule has 0 amide bonds. The van der Waals surface area contributed by atoms with E-state index in [0.29, 0.717) is 17.2 Å². The van der Waals surface area contributed by atoms with Crippen molar-refractivity contribution >= 4 is 5.57 Å². The molecule has 3 rings (SSSR count). The van der Waals surface area contributed by atoms with Crippen molar-refractivity contribution in [3.05, 3.63) is 92.5 Å². The molecule has 0 aliphatic carbocycles. The van der Waals surface area contributed by atoms with E-state index >= 15 is 0 Å². The quantitative estimate of drug-likeness (QED) is 0.328. The fourth-order valence-corrected chi connectivity index (χ4v) is 5.63. The monoisotopic (exact) mass is 486 g/mol. The van der Waals surface area contributed by atoms with Crippen LogP contribution in [0.5, 0.6) is 17.2 Å². The third kappa shape index (κ3) is 5.31. The SMILES string of the molecule is C/C(=C/C(C)(CC(C)(C)c1cc(C)c(O)c(C)c1)c1cc(C)c(O)c(C)c1)c1cc(C)c(O)c(C)c1. The Morgan fingerprint density at radius 1 is 0.611 bits per heavy atom. The summed E-state index contributed by atoms with van der Waals surface area (Å²) in [6, 6.07) is 12.5. The van der Waals surface area contributed by atoms with Gasteiger partial charge in [0, 0.05) is 5.41 Å². The number of allylic oxidation sites excluding steroid dienone is 2. The molecule has 3 aromatic carbocycles. The van der Waals surface area contributed by atoms with E-state index in [-0.39, 0.29) is 10.8 Å². The number of hydrogen-bond donors (Lipinski definition) is 3. The highest BCUT2D eigenvalue weighted by molar-refractivity contribution is 5.68. The molecule has 0 saturated heterocycles. The molecule has 0 heterocycles. The second kappa shape index (κ2) is 9.69. The summed E-state index contributed by atoms with van der Waals surface area (Å²) in [4.78, 5) is 0. The van der Waals surface area contributed by atoms with Gasteiger partial charge in [0.1, 0.15) is 17.2 Å². The number of aryl methyl sites for hydroxylation is 6. The Kier molecular flexibility index (Phi) is 7.37. The molecular weight excluding hydrogens is 444 g/mol. The average molecular weight is 487 g/mol. The van der Waals surface area contributed by atoms with Gasteiger partial charge in [-0.15, -0.1) is 0 Å². The zero-order valence-corrected chi connectivity index (χ0v) is 23.6. The minimum Gasteiger partial charge on any atom is -0.507 e. The van der Waals surface area contributed by atoms with Gasteiger partial charge in [-0.3, -0.25) is 0 Å². The lowest BCUT2D eigenvalue weighted by Gasteiger charge is -2.38. The molecule has 0 saturated carbocycles. The van der Waals surface area contributed by atoms with Crippen molar-refractivity contribution in [2.75, 3.05) is 0 Å². The van der Waals surface area contributed by atoms with E-state index in [9.17, 15) is 15.3 Å². The van der Waals surface area contributed by atoms with Crippen LogP contribution in [0.15, 0.2) is 42.5 Å². The first-order valence-electron chi connectivity index (χ1n) is 12.7. The summed E-state index contributed by atoms with van der Waals surface area (Å²) >= 11 is 0. The van der Waals surface area contributed by atoms with E-state index in [1.54, 1.807) is 0 Å². The van der Waals surface area contributed by atoms with Gasteiger partial charge in [-0.2, -0.15) is 0 Å². The van der Waals surface area contributed by atoms with Crippen LogP contribution in [-0.2, 0) is 10.8 Å². The Labute approximate surface area is 217 Å². The number of phenolic OH excluding ortho intramolecular Hbond substituents is 3. The molecule has 1 unspecified atom stereocenters. The van der Waals surface area contributed by atoms with Crippen LogP contribution in [0.4, 0.5) is 0 Å². The molecule has 0 aromatic heterocycles. The fourth-order valence-electron chi connectivity index (χ4n) is 5.63. The standard InChI is InChI=1S/C33H42O3/c1-19-11-26(12-20(2)29(19)34)25(7)17-33(10,28-15-23(5)31(36)24(6)16-28)18-32(8,9)27-13-21(3)30(35)22(4)14-27/h11-17,34-36H,18H2,1-10H3/b25-17-. The summed E-state index contributed by atoms with van der Waals surface area (Å²) in [5.74, 6) is 1.05. The highest BCUT2D eigenvalue weighted by Gasteiger charge is 2.35. The van der Waals surface area contributed by atoms with Crippen molar-refractivity contribution in [2.45, 2.75) is 86.5 Å². The first-order chi connectivity index (χ1) is 16.6. The maximum absolute atomic E-state index is 10.5. The van der Waals surface area contributed by atoms with Crippen LogP contribution in [0, 0.1) is 41.5 Å². The van der Waals surface area contributed by atoms with Crippen LogP contribution in [-0.4, -0.2) is 15.3 Å². The molecule has 0 aliphatic heterocycles. The summed E-state index contributed by atoms with van der Waals surface area (Å²) in [5, 5.41) is 31.1. The van der Waals surface area contributed by atoms with Crippen LogP contribution >= 0.6 is 0 Å². The van der Waals surface area contributed by atoms with Gasteiger partial charge < -0.3 is 15.3 Å². The van der Waals surface area contributed by atoms with Crippen molar-refractivity contribution in [3.63, 3.8) is 0 Å².